The van der Waals surface area contributed by atoms with Gasteiger partial charge in [-0.15, -0.1) is 0 Å². The van der Waals surface area contributed by atoms with Crippen LogP contribution in [-0.4, -0.2) is 4.57 Å². The van der Waals surface area contributed by atoms with E-state index in [0.717, 1.165) is 6.42 Å². The number of allylic oxidation sites excluding steroid dienone is 4. The van der Waals surface area contributed by atoms with Crippen LogP contribution >= 0.6 is 0 Å². The highest BCUT2D eigenvalue weighted by Crippen LogP contribution is 2.56. The van der Waals surface area contributed by atoms with Crippen LogP contribution in [0.3, 0.4) is 0 Å². The van der Waals surface area contributed by atoms with Gasteiger partial charge in [0.2, 0.25) is 0 Å². The minimum Gasteiger partial charge on any atom is -0.309 e. The number of hydrogen-bond donors (Lipinski definition) is 0. The molecule has 7 rings (SSSR count). The molecule has 1 heteroatoms. The fourth-order valence-electron chi connectivity index (χ4n) is 6.68. The number of aryl methyl sites for hydroxylation is 2. The summed E-state index contributed by atoms with van der Waals surface area (Å²) in [6.45, 7) is 6.62. The third-order valence-corrected chi connectivity index (χ3v) is 8.29. The van der Waals surface area contributed by atoms with Crippen molar-refractivity contribution >= 4 is 21.8 Å². The smallest absolute Gasteiger partial charge is 0.0585 e. The molecule has 4 aromatic carbocycles. The van der Waals surface area contributed by atoms with Crippen LogP contribution in [0.25, 0.3) is 27.5 Å². The molecule has 0 radical (unpaired) electrons. The minimum absolute atomic E-state index is 0.271. The van der Waals surface area contributed by atoms with Gasteiger partial charge in [0.1, 0.15) is 0 Å². The molecule has 1 nitrogen and oxygen atoms in total. The number of nitrogens with zero attached hydrogens (tertiary/aromatic N) is 1. The van der Waals surface area contributed by atoms with E-state index < -0.39 is 0 Å². The molecule has 2 aliphatic rings. The standard InChI is InChI=1S/C34H29N/c1-22-11-16-25(17-12-22)34(26-18-13-23(2)14-19-26)29-9-6-8-28-27-7-4-5-10-31(27)35(33(28)29)32-20-15-24(3)21-30(32)34/h4-18,20-21,26H,19H2,1-3H3. The number of aromatic nitrogens is 1. The molecule has 170 valence electrons. The zero-order valence-electron chi connectivity index (χ0n) is 20.5. The predicted octanol–water partition coefficient (Wildman–Crippen LogP) is 8.57. The van der Waals surface area contributed by atoms with Gasteiger partial charge in [-0.05, 0) is 61.9 Å². The fourth-order valence-corrected chi connectivity index (χ4v) is 6.68. The number of para-hydroxylation sites is 2. The lowest BCUT2D eigenvalue weighted by atomic mass is 9.58. The van der Waals surface area contributed by atoms with Gasteiger partial charge >= 0.3 is 0 Å². The fraction of sp³-hybridized carbons (Fsp3) is 0.176. The van der Waals surface area contributed by atoms with E-state index in [1.54, 1.807) is 0 Å². The summed E-state index contributed by atoms with van der Waals surface area (Å²) < 4.78 is 2.52. The van der Waals surface area contributed by atoms with Crippen LogP contribution in [0, 0.1) is 19.8 Å². The molecule has 0 bridgehead atoms. The molecule has 0 fully saturated rings. The Kier molecular flexibility index (Phi) is 4.30. The van der Waals surface area contributed by atoms with Crippen molar-refractivity contribution in [2.24, 2.45) is 5.92 Å². The predicted molar refractivity (Wildman–Crippen MR) is 148 cm³/mol. The Labute approximate surface area is 207 Å². The molecule has 1 aliphatic carbocycles. The Balaban J connectivity index is 1.72. The highest BCUT2D eigenvalue weighted by Gasteiger charge is 2.48. The Morgan fingerprint density at radius 3 is 2.31 bits per heavy atom. The number of hydrogen-bond acceptors (Lipinski definition) is 0. The minimum atomic E-state index is -0.271. The third kappa shape index (κ3) is 2.70. The average molecular weight is 452 g/mol. The lowest BCUT2D eigenvalue weighted by Gasteiger charge is -2.46. The van der Waals surface area contributed by atoms with Crippen LogP contribution in [0.2, 0.25) is 0 Å². The third-order valence-electron chi connectivity index (χ3n) is 8.29. The lowest BCUT2D eigenvalue weighted by molar-refractivity contribution is 0.443. The summed E-state index contributed by atoms with van der Waals surface area (Å²) >= 11 is 0. The second kappa shape index (κ2) is 7.33. The molecule has 0 N–H and O–H groups in total. The number of benzene rings is 4. The highest BCUT2D eigenvalue weighted by atomic mass is 15.0. The van der Waals surface area contributed by atoms with Gasteiger partial charge in [-0.2, -0.15) is 0 Å². The first-order chi connectivity index (χ1) is 17.1. The van der Waals surface area contributed by atoms with Gasteiger partial charge in [0.25, 0.3) is 0 Å². The monoisotopic (exact) mass is 451 g/mol. The van der Waals surface area contributed by atoms with Crippen LogP contribution in [0.4, 0.5) is 0 Å². The van der Waals surface area contributed by atoms with Crippen LogP contribution in [0.1, 0.15) is 41.2 Å². The summed E-state index contributed by atoms with van der Waals surface area (Å²) in [5.41, 5.74) is 11.8. The summed E-state index contributed by atoms with van der Waals surface area (Å²) in [6, 6.07) is 32.2. The van der Waals surface area contributed by atoms with E-state index in [2.05, 4.69) is 128 Å². The maximum Gasteiger partial charge on any atom is 0.0585 e. The van der Waals surface area contributed by atoms with Crippen molar-refractivity contribution in [2.45, 2.75) is 32.6 Å². The topological polar surface area (TPSA) is 4.93 Å². The van der Waals surface area contributed by atoms with Crippen molar-refractivity contribution in [3.05, 3.63) is 137 Å². The van der Waals surface area contributed by atoms with E-state index in [9.17, 15) is 0 Å². The Morgan fingerprint density at radius 2 is 1.51 bits per heavy atom. The molecule has 1 aromatic heterocycles. The molecular formula is C34H29N. The molecule has 0 amide bonds. The van der Waals surface area contributed by atoms with E-state index in [1.807, 2.05) is 0 Å². The van der Waals surface area contributed by atoms with Crippen molar-refractivity contribution < 1.29 is 0 Å². The van der Waals surface area contributed by atoms with E-state index in [1.165, 1.54) is 60.9 Å². The first kappa shape index (κ1) is 20.5. The second-order valence-corrected chi connectivity index (χ2v) is 10.4. The van der Waals surface area contributed by atoms with Gasteiger partial charge in [0, 0.05) is 10.8 Å². The Morgan fingerprint density at radius 1 is 0.743 bits per heavy atom. The normalized spacial score (nSPS) is 20.8. The highest BCUT2D eigenvalue weighted by molar-refractivity contribution is 6.11. The van der Waals surface area contributed by atoms with Crippen molar-refractivity contribution in [1.29, 1.82) is 0 Å². The van der Waals surface area contributed by atoms with Crippen LogP contribution in [-0.2, 0) is 5.41 Å². The molecule has 2 atom stereocenters. The largest absolute Gasteiger partial charge is 0.309 e. The maximum absolute atomic E-state index is 2.52. The zero-order chi connectivity index (χ0) is 23.7. The van der Waals surface area contributed by atoms with Crippen molar-refractivity contribution in [2.75, 3.05) is 0 Å². The summed E-state index contributed by atoms with van der Waals surface area (Å²) in [5.74, 6) is 0.326. The Hall–Kier alpha value is -3.84. The summed E-state index contributed by atoms with van der Waals surface area (Å²) in [5, 5.41) is 2.66. The maximum atomic E-state index is 2.52. The molecule has 0 saturated carbocycles. The van der Waals surface area contributed by atoms with E-state index in [-0.39, 0.29) is 5.41 Å². The SMILES string of the molecule is CC1=CCC(C2(c3ccc(C)cc3)c3cc(C)ccc3-n3c4ccccc4c4cccc2c43)C=C1. The van der Waals surface area contributed by atoms with Crippen LogP contribution in [0.5, 0.6) is 0 Å². The van der Waals surface area contributed by atoms with Gasteiger partial charge in [-0.1, -0.05) is 108 Å². The second-order valence-electron chi connectivity index (χ2n) is 10.4. The summed E-state index contributed by atoms with van der Waals surface area (Å²) in [7, 11) is 0. The van der Waals surface area contributed by atoms with Crippen LogP contribution in [0.15, 0.2) is 109 Å². The van der Waals surface area contributed by atoms with E-state index in [0.29, 0.717) is 5.92 Å². The number of rotatable bonds is 2. The van der Waals surface area contributed by atoms with Gasteiger partial charge in [-0.25, -0.2) is 0 Å². The average Bonchev–Trinajstić information content (AvgIpc) is 3.22. The van der Waals surface area contributed by atoms with Crippen LogP contribution < -0.4 is 0 Å². The summed E-state index contributed by atoms with van der Waals surface area (Å²) in [6.07, 6.45) is 8.24. The molecule has 2 unspecified atom stereocenters. The molecule has 0 saturated heterocycles. The van der Waals surface area contributed by atoms with Gasteiger partial charge in [0.15, 0.2) is 0 Å². The van der Waals surface area contributed by atoms with Gasteiger partial charge in [-0.3, -0.25) is 0 Å². The molecule has 35 heavy (non-hydrogen) atoms. The lowest BCUT2D eigenvalue weighted by Crippen LogP contribution is -2.41. The molecule has 5 aromatic rings. The molecule has 0 spiro atoms. The van der Waals surface area contributed by atoms with Crippen molar-refractivity contribution in [3.8, 4) is 5.69 Å². The quantitative estimate of drug-likeness (QED) is 0.253. The summed E-state index contributed by atoms with van der Waals surface area (Å²) in [4.78, 5) is 0. The molecule has 2 heterocycles. The van der Waals surface area contributed by atoms with Crippen molar-refractivity contribution in [1.82, 2.24) is 4.57 Å². The molecular weight excluding hydrogens is 422 g/mol. The zero-order valence-corrected chi connectivity index (χ0v) is 20.5. The van der Waals surface area contributed by atoms with Gasteiger partial charge < -0.3 is 4.57 Å². The molecule has 1 aliphatic heterocycles. The van der Waals surface area contributed by atoms with Crippen molar-refractivity contribution in [3.63, 3.8) is 0 Å². The van der Waals surface area contributed by atoms with E-state index in [4.69, 9.17) is 0 Å². The van der Waals surface area contributed by atoms with Gasteiger partial charge in [0.05, 0.1) is 22.1 Å². The first-order valence-corrected chi connectivity index (χ1v) is 12.7. The van der Waals surface area contributed by atoms with E-state index >= 15 is 0 Å². The Bertz CT molecular complexity index is 1690. The first-order valence-electron chi connectivity index (χ1n) is 12.7. The number of fused-ring (bicyclic) bond motifs is 5.